The molecule has 0 N–H and O–H groups in total. The predicted molar refractivity (Wildman–Crippen MR) is 76.4 cm³/mol. The third kappa shape index (κ3) is 2.14. The first-order valence-corrected chi connectivity index (χ1v) is 6.26. The van der Waals surface area contributed by atoms with Gasteiger partial charge in [-0.1, -0.05) is 12.1 Å². The summed E-state index contributed by atoms with van der Waals surface area (Å²) in [6.07, 6.45) is 3.61. The molecule has 0 aliphatic heterocycles. The van der Waals surface area contributed by atoms with Crippen molar-refractivity contribution in [2.24, 2.45) is 0 Å². The molecule has 0 spiro atoms. The van der Waals surface area contributed by atoms with E-state index >= 15 is 0 Å². The zero-order valence-corrected chi connectivity index (χ0v) is 11.3. The number of hydrogen-bond acceptors (Lipinski definition) is 3. The van der Waals surface area contributed by atoms with Crippen LogP contribution in [0.2, 0.25) is 0 Å². The molecular formula is C15H14N4O. The Morgan fingerprint density at radius 3 is 2.80 bits per heavy atom. The molecule has 5 heteroatoms. The lowest BCUT2D eigenvalue weighted by molar-refractivity contribution is 0.0827. The number of carbonyl (C=O) groups excluding carboxylic acids is 1. The molecule has 0 saturated carbocycles. The number of amides is 1. The Morgan fingerprint density at radius 1 is 1.15 bits per heavy atom. The summed E-state index contributed by atoms with van der Waals surface area (Å²) in [5.74, 6) is -0.00257. The largest absolute Gasteiger partial charge is 0.345 e. The first-order valence-electron chi connectivity index (χ1n) is 6.26. The van der Waals surface area contributed by atoms with E-state index in [4.69, 9.17) is 0 Å². The zero-order valence-electron chi connectivity index (χ0n) is 11.3. The maximum absolute atomic E-state index is 12.0. The lowest BCUT2D eigenvalue weighted by Crippen LogP contribution is -2.21. The van der Waals surface area contributed by atoms with E-state index in [0.29, 0.717) is 5.56 Å². The summed E-state index contributed by atoms with van der Waals surface area (Å²) in [7, 11) is 3.50. The van der Waals surface area contributed by atoms with Gasteiger partial charge < -0.3 is 4.90 Å². The fourth-order valence-corrected chi connectivity index (χ4v) is 2.09. The van der Waals surface area contributed by atoms with Crippen molar-refractivity contribution in [3.05, 3.63) is 54.5 Å². The van der Waals surface area contributed by atoms with Crippen LogP contribution in [0.3, 0.4) is 0 Å². The monoisotopic (exact) mass is 266 g/mol. The molecule has 0 unspecified atom stereocenters. The number of aromatic nitrogens is 3. The van der Waals surface area contributed by atoms with Crippen LogP contribution in [0.1, 0.15) is 10.4 Å². The van der Waals surface area contributed by atoms with Crippen molar-refractivity contribution in [3.8, 4) is 11.1 Å². The van der Waals surface area contributed by atoms with Crippen LogP contribution in [0.25, 0.3) is 16.8 Å². The molecular weight excluding hydrogens is 252 g/mol. The van der Waals surface area contributed by atoms with Crippen LogP contribution < -0.4 is 0 Å². The van der Waals surface area contributed by atoms with Gasteiger partial charge in [0.25, 0.3) is 5.91 Å². The average molecular weight is 266 g/mol. The third-order valence-corrected chi connectivity index (χ3v) is 3.14. The van der Waals surface area contributed by atoms with Crippen LogP contribution >= 0.6 is 0 Å². The molecule has 2 aromatic heterocycles. The summed E-state index contributed by atoms with van der Waals surface area (Å²) >= 11 is 0. The number of pyridine rings is 1. The maximum atomic E-state index is 12.0. The minimum absolute atomic E-state index is 0.00257. The van der Waals surface area contributed by atoms with E-state index < -0.39 is 0 Å². The van der Waals surface area contributed by atoms with Gasteiger partial charge in [-0.05, 0) is 35.4 Å². The molecule has 1 aromatic carbocycles. The molecule has 0 aliphatic carbocycles. The number of benzene rings is 1. The summed E-state index contributed by atoms with van der Waals surface area (Å²) in [5, 5.41) is 7.83. The van der Waals surface area contributed by atoms with E-state index in [1.807, 2.05) is 47.0 Å². The average Bonchev–Trinajstić information content (AvgIpc) is 2.93. The van der Waals surface area contributed by atoms with Gasteiger partial charge in [-0.2, -0.15) is 0 Å². The third-order valence-electron chi connectivity index (χ3n) is 3.14. The molecule has 0 bridgehead atoms. The molecule has 20 heavy (non-hydrogen) atoms. The highest BCUT2D eigenvalue weighted by atomic mass is 16.2. The number of carbonyl (C=O) groups is 1. The van der Waals surface area contributed by atoms with Crippen LogP contribution in [-0.4, -0.2) is 39.5 Å². The van der Waals surface area contributed by atoms with Crippen LogP contribution in [0, 0.1) is 0 Å². The van der Waals surface area contributed by atoms with Crippen LogP contribution in [0.4, 0.5) is 0 Å². The van der Waals surface area contributed by atoms with Gasteiger partial charge in [-0.3, -0.25) is 9.20 Å². The van der Waals surface area contributed by atoms with Crippen LogP contribution in [0.15, 0.2) is 48.9 Å². The van der Waals surface area contributed by atoms with Crippen molar-refractivity contribution in [2.75, 3.05) is 14.1 Å². The van der Waals surface area contributed by atoms with Crippen molar-refractivity contribution < 1.29 is 4.79 Å². The zero-order chi connectivity index (χ0) is 14.1. The van der Waals surface area contributed by atoms with Gasteiger partial charge in [0, 0.05) is 25.9 Å². The minimum atomic E-state index is -0.00257. The number of hydrogen-bond donors (Lipinski definition) is 0. The lowest BCUT2D eigenvalue weighted by Gasteiger charge is -2.11. The molecule has 0 fully saturated rings. The number of nitrogens with zero attached hydrogens (tertiary/aromatic N) is 4. The van der Waals surface area contributed by atoms with Gasteiger partial charge in [-0.15, -0.1) is 10.2 Å². The molecule has 0 saturated heterocycles. The summed E-state index contributed by atoms with van der Waals surface area (Å²) in [6.45, 7) is 0. The van der Waals surface area contributed by atoms with Gasteiger partial charge in [0.05, 0.1) is 0 Å². The standard InChI is InChI=1S/C15H14N4O/c1-18(2)15(20)12-5-3-4-11(8-12)13-6-7-14-17-16-10-19(14)9-13/h3-10H,1-2H3. The van der Waals surface area contributed by atoms with E-state index in [9.17, 15) is 4.79 Å². The molecule has 5 nitrogen and oxygen atoms in total. The van der Waals surface area contributed by atoms with Crippen molar-refractivity contribution in [1.29, 1.82) is 0 Å². The van der Waals surface area contributed by atoms with E-state index in [1.165, 1.54) is 0 Å². The predicted octanol–water partition coefficient (Wildman–Crippen LogP) is 2.10. The van der Waals surface area contributed by atoms with Crippen LogP contribution in [0.5, 0.6) is 0 Å². The second-order valence-electron chi connectivity index (χ2n) is 4.79. The quantitative estimate of drug-likeness (QED) is 0.713. The molecule has 0 radical (unpaired) electrons. The van der Waals surface area contributed by atoms with Gasteiger partial charge in [-0.25, -0.2) is 0 Å². The van der Waals surface area contributed by atoms with Crippen LogP contribution in [-0.2, 0) is 0 Å². The highest BCUT2D eigenvalue weighted by Crippen LogP contribution is 2.21. The maximum Gasteiger partial charge on any atom is 0.253 e. The van der Waals surface area contributed by atoms with Crippen molar-refractivity contribution in [1.82, 2.24) is 19.5 Å². The van der Waals surface area contributed by atoms with Gasteiger partial charge in [0.2, 0.25) is 0 Å². The Kier molecular flexibility index (Phi) is 2.95. The summed E-state index contributed by atoms with van der Waals surface area (Å²) in [4.78, 5) is 13.6. The Labute approximate surface area is 116 Å². The fraction of sp³-hybridized carbons (Fsp3) is 0.133. The molecule has 3 aromatic rings. The van der Waals surface area contributed by atoms with E-state index in [1.54, 1.807) is 25.3 Å². The highest BCUT2D eigenvalue weighted by molar-refractivity contribution is 5.95. The number of rotatable bonds is 2. The topological polar surface area (TPSA) is 50.5 Å². The molecule has 0 atom stereocenters. The number of fused-ring (bicyclic) bond motifs is 1. The van der Waals surface area contributed by atoms with Gasteiger partial charge in [0.15, 0.2) is 5.65 Å². The molecule has 2 heterocycles. The van der Waals surface area contributed by atoms with E-state index in [-0.39, 0.29) is 5.91 Å². The Hall–Kier alpha value is -2.69. The summed E-state index contributed by atoms with van der Waals surface area (Å²) in [5.41, 5.74) is 3.49. The fourth-order valence-electron chi connectivity index (χ4n) is 2.09. The summed E-state index contributed by atoms with van der Waals surface area (Å²) < 4.78 is 1.86. The second-order valence-corrected chi connectivity index (χ2v) is 4.79. The van der Waals surface area contributed by atoms with E-state index in [2.05, 4.69) is 10.2 Å². The van der Waals surface area contributed by atoms with Gasteiger partial charge in [0.1, 0.15) is 6.33 Å². The molecule has 0 aliphatic rings. The minimum Gasteiger partial charge on any atom is -0.345 e. The Balaban J connectivity index is 2.05. The molecule has 3 rings (SSSR count). The Bertz CT molecular complexity index is 776. The lowest BCUT2D eigenvalue weighted by atomic mass is 10.0. The summed E-state index contributed by atoms with van der Waals surface area (Å²) in [6, 6.07) is 11.5. The Morgan fingerprint density at radius 2 is 2.00 bits per heavy atom. The van der Waals surface area contributed by atoms with Crippen molar-refractivity contribution in [2.45, 2.75) is 0 Å². The normalized spacial score (nSPS) is 10.7. The van der Waals surface area contributed by atoms with E-state index in [0.717, 1.165) is 16.8 Å². The SMILES string of the molecule is CN(C)C(=O)c1cccc(-c2ccc3nncn3c2)c1. The first kappa shape index (κ1) is 12.3. The second kappa shape index (κ2) is 4.77. The molecule has 1 amide bonds. The van der Waals surface area contributed by atoms with Crippen molar-refractivity contribution >= 4 is 11.6 Å². The first-order chi connectivity index (χ1) is 9.65. The molecule has 100 valence electrons. The van der Waals surface area contributed by atoms with Gasteiger partial charge >= 0.3 is 0 Å². The van der Waals surface area contributed by atoms with Crippen molar-refractivity contribution in [3.63, 3.8) is 0 Å². The highest BCUT2D eigenvalue weighted by Gasteiger charge is 2.09. The smallest absolute Gasteiger partial charge is 0.253 e.